The number of amides is 1. The number of rotatable bonds is 3. The Labute approximate surface area is 181 Å². The molecule has 2 aromatic heterocycles. The number of benzene rings is 3. The first-order valence-electron chi connectivity index (χ1n) is 9.75. The van der Waals surface area contributed by atoms with Gasteiger partial charge in [0.25, 0.3) is 11.5 Å². The number of carbonyl (C=O) groups excluding carboxylic acids is 1. The molecule has 31 heavy (non-hydrogen) atoms. The van der Waals surface area contributed by atoms with Crippen LogP contribution in [0.15, 0.2) is 71.8 Å². The summed E-state index contributed by atoms with van der Waals surface area (Å²) in [6.45, 7) is 4.06. The number of aryl methyl sites for hydroxylation is 2. The van der Waals surface area contributed by atoms with Crippen molar-refractivity contribution in [1.29, 1.82) is 0 Å². The summed E-state index contributed by atoms with van der Waals surface area (Å²) >= 11 is 1.45. The molecule has 0 atom stereocenters. The maximum atomic E-state index is 12.8. The number of hydrogen-bond donors (Lipinski definition) is 1. The molecule has 0 unspecified atom stereocenters. The minimum Gasteiger partial charge on any atom is -0.298 e. The van der Waals surface area contributed by atoms with Gasteiger partial charge in [0.05, 0.1) is 26.8 Å². The van der Waals surface area contributed by atoms with Crippen molar-refractivity contribution in [1.82, 2.24) is 14.5 Å². The second-order valence-electron chi connectivity index (χ2n) is 7.39. The molecule has 0 bridgehead atoms. The number of carbonyl (C=O) groups is 1. The molecule has 6 nitrogen and oxygen atoms in total. The molecule has 0 saturated heterocycles. The topological polar surface area (TPSA) is 76.9 Å². The zero-order valence-electron chi connectivity index (χ0n) is 16.9. The van der Waals surface area contributed by atoms with E-state index in [1.165, 1.54) is 27.8 Å². The number of nitrogens with zero attached hydrogens (tertiary/aromatic N) is 3. The predicted molar refractivity (Wildman–Crippen MR) is 124 cm³/mol. The molecule has 0 spiro atoms. The monoisotopic (exact) mass is 426 g/mol. The maximum Gasteiger partial charge on any atom is 0.265 e. The van der Waals surface area contributed by atoms with E-state index in [9.17, 15) is 9.59 Å². The number of para-hydroxylation sites is 1. The number of hydrogen-bond acceptors (Lipinski definition) is 5. The molecule has 5 rings (SSSR count). The van der Waals surface area contributed by atoms with Gasteiger partial charge >= 0.3 is 0 Å². The van der Waals surface area contributed by atoms with Gasteiger partial charge in [-0.05, 0) is 67.4 Å². The van der Waals surface area contributed by atoms with E-state index in [0.29, 0.717) is 27.3 Å². The van der Waals surface area contributed by atoms with Gasteiger partial charge in [-0.15, -0.1) is 0 Å². The standard InChI is InChI=1S/C24H18N4O2S/c1-14-11-15(2)21-20(12-14)31-24(26-21)27-22(29)16-7-9-17(10-8-16)28-13-25-19-6-4-3-5-18(19)23(28)30/h3-13H,1-2H3,(H,26,27,29). The highest BCUT2D eigenvalue weighted by molar-refractivity contribution is 7.22. The highest BCUT2D eigenvalue weighted by Gasteiger charge is 2.12. The van der Waals surface area contributed by atoms with Crippen LogP contribution in [0.1, 0.15) is 21.5 Å². The first kappa shape index (κ1) is 19.1. The molecular weight excluding hydrogens is 408 g/mol. The molecule has 0 aliphatic heterocycles. The smallest absolute Gasteiger partial charge is 0.265 e. The van der Waals surface area contributed by atoms with Crippen LogP contribution in [0.25, 0.3) is 26.8 Å². The summed E-state index contributed by atoms with van der Waals surface area (Å²) in [7, 11) is 0. The normalized spacial score (nSPS) is 11.2. The van der Waals surface area contributed by atoms with E-state index in [-0.39, 0.29) is 11.5 Å². The van der Waals surface area contributed by atoms with Crippen LogP contribution in [-0.2, 0) is 0 Å². The van der Waals surface area contributed by atoms with Gasteiger partial charge in [-0.2, -0.15) is 0 Å². The molecule has 0 radical (unpaired) electrons. The summed E-state index contributed by atoms with van der Waals surface area (Å²) in [5.41, 5.74) is 4.79. The lowest BCUT2D eigenvalue weighted by Crippen LogP contribution is -2.19. The van der Waals surface area contributed by atoms with Gasteiger partial charge in [0.15, 0.2) is 5.13 Å². The molecule has 1 amide bonds. The molecule has 3 aromatic carbocycles. The number of fused-ring (bicyclic) bond motifs is 2. The third-order valence-electron chi connectivity index (χ3n) is 5.12. The first-order chi connectivity index (χ1) is 15.0. The van der Waals surface area contributed by atoms with Crippen molar-refractivity contribution in [3.63, 3.8) is 0 Å². The van der Waals surface area contributed by atoms with E-state index >= 15 is 0 Å². The summed E-state index contributed by atoms with van der Waals surface area (Å²) in [4.78, 5) is 34.4. The van der Waals surface area contributed by atoms with Crippen molar-refractivity contribution >= 4 is 43.5 Å². The predicted octanol–water partition coefficient (Wildman–Crippen LogP) is 4.86. The average Bonchev–Trinajstić information content (AvgIpc) is 3.17. The zero-order valence-corrected chi connectivity index (χ0v) is 17.7. The molecule has 2 heterocycles. The number of nitrogens with one attached hydrogen (secondary N) is 1. The van der Waals surface area contributed by atoms with Crippen molar-refractivity contribution < 1.29 is 4.79 Å². The van der Waals surface area contributed by atoms with E-state index < -0.39 is 0 Å². The summed E-state index contributed by atoms with van der Waals surface area (Å²) in [5, 5.41) is 3.99. The summed E-state index contributed by atoms with van der Waals surface area (Å²) in [5.74, 6) is -0.246. The quantitative estimate of drug-likeness (QED) is 0.447. The van der Waals surface area contributed by atoms with E-state index in [1.807, 2.05) is 26.0 Å². The summed E-state index contributed by atoms with van der Waals surface area (Å²) in [6, 6.07) is 18.2. The van der Waals surface area contributed by atoms with Crippen molar-refractivity contribution in [2.75, 3.05) is 5.32 Å². The van der Waals surface area contributed by atoms with Crippen molar-refractivity contribution in [2.45, 2.75) is 13.8 Å². The largest absolute Gasteiger partial charge is 0.298 e. The molecule has 0 fully saturated rings. The Morgan fingerprint density at radius 1 is 1.03 bits per heavy atom. The van der Waals surface area contributed by atoms with Crippen LogP contribution in [-0.4, -0.2) is 20.4 Å². The van der Waals surface area contributed by atoms with Gasteiger partial charge < -0.3 is 0 Å². The highest BCUT2D eigenvalue weighted by Crippen LogP contribution is 2.29. The molecule has 7 heteroatoms. The Bertz CT molecular complexity index is 1520. The number of anilines is 1. The Morgan fingerprint density at radius 2 is 1.81 bits per heavy atom. The van der Waals surface area contributed by atoms with Gasteiger partial charge in [-0.3, -0.25) is 19.5 Å². The van der Waals surface area contributed by atoms with Crippen LogP contribution in [0, 0.1) is 13.8 Å². The van der Waals surface area contributed by atoms with Gasteiger partial charge in [0.1, 0.15) is 6.33 Å². The fraction of sp³-hybridized carbons (Fsp3) is 0.0833. The summed E-state index contributed by atoms with van der Waals surface area (Å²) in [6.07, 6.45) is 1.51. The van der Waals surface area contributed by atoms with Crippen LogP contribution < -0.4 is 10.9 Å². The fourth-order valence-electron chi connectivity index (χ4n) is 3.62. The second-order valence-corrected chi connectivity index (χ2v) is 8.42. The summed E-state index contributed by atoms with van der Waals surface area (Å²) < 4.78 is 2.52. The highest BCUT2D eigenvalue weighted by atomic mass is 32.1. The SMILES string of the molecule is Cc1cc(C)c2nc(NC(=O)c3ccc(-n4cnc5ccccc5c4=O)cc3)sc2c1. The van der Waals surface area contributed by atoms with Crippen LogP contribution in [0.2, 0.25) is 0 Å². The first-order valence-corrected chi connectivity index (χ1v) is 10.6. The van der Waals surface area contributed by atoms with E-state index in [2.05, 4.69) is 27.4 Å². The van der Waals surface area contributed by atoms with Crippen LogP contribution in [0.5, 0.6) is 0 Å². The Hall–Kier alpha value is -3.84. The van der Waals surface area contributed by atoms with E-state index in [0.717, 1.165) is 15.8 Å². The number of thiazole rings is 1. The van der Waals surface area contributed by atoms with Crippen LogP contribution in [0.3, 0.4) is 0 Å². The molecule has 5 aromatic rings. The zero-order chi connectivity index (χ0) is 21.5. The lowest BCUT2D eigenvalue weighted by atomic mass is 10.1. The maximum absolute atomic E-state index is 12.8. The molecule has 0 aliphatic rings. The molecule has 1 N–H and O–H groups in total. The molecular formula is C24H18N4O2S. The third kappa shape index (κ3) is 3.49. The minimum atomic E-state index is -0.246. The van der Waals surface area contributed by atoms with Gasteiger partial charge in [0, 0.05) is 5.56 Å². The van der Waals surface area contributed by atoms with Gasteiger partial charge in [0.2, 0.25) is 0 Å². The second kappa shape index (κ2) is 7.45. The number of aromatic nitrogens is 3. The Balaban J connectivity index is 1.41. The van der Waals surface area contributed by atoms with Crippen molar-refractivity contribution in [3.8, 4) is 5.69 Å². The lowest BCUT2D eigenvalue weighted by molar-refractivity contribution is 0.102. The van der Waals surface area contributed by atoms with Crippen molar-refractivity contribution in [2.24, 2.45) is 0 Å². The Morgan fingerprint density at radius 3 is 2.61 bits per heavy atom. The fourth-order valence-corrected chi connectivity index (χ4v) is 4.66. The lowest BCUT2D eigenvalue weighted by Gasteiger charge is -2.08. The van der Waals surface area contributed by atoms with Crippen molar-refractivity contribution in [3.05, 3.63) is 94.0 Å². The average molecular weight is 427 g/mol. The Kier molecular flexibility index (Phi) is 4.60. The van der Waals surface area contributed by atoms with Crippen LogP contribution >= 0.6 is 11.3 Å². The molecule has 0 saturated carbocycles. The van der Waals surface area contributed by atoms with Gasteiger partial charge in [-0.25, -0.2) is 9.97 Å². The van der Waals surface area contributed by atoms with E-state index in [1.54, 1.807) is 36.4 Å². The minimum absolute atomic E-state index is 0.150. The van der Waals surface area contributed by atoms with Crippen LogP contribution in [0.4, 0.5) is 5.13 Å². The van der Waals surface area contributed by atoms with Gasteiger partial charge in [-0.1, -0.05) is 29.5 Å². The van der Waals surface area contributed by atoms with E-state index in [4.69, 9.17) is 0 Å². The molecule has 0 aliphatic carbocycles. The third-order valence-corrected chi connectivity index (χ3v) is 6.04. The molecule has 152 valence electrons.